The van der Waals surface area contributed by atoms with Crippen LogP contribution < -0.4 is 14.8 Å². The van der Waals surface area contributed by atoms with Gasteiger partial charge in [0.25, 0.3) is 10.0 Å². The van der Waals surface area contributed by atoms with Gasteiger partial charge in [-0.15, -0.1) is 0 Å². The Morgan fingerprint density at radius 2 is 1.88 bits per heavy atom. The molecule has 1 aromatic heterocycles. The Balaban J connectivity index is 1.67. The van der Waals surface area contributed by atoms with Crippen LogP contribution in [0.5, 0.6) is 17.2 Å². The second-order valence-electron chi connectivity index (χ2n) is 7.72. The summed E-state index contributed by atoms with van der Waals surface area (Å²) >= 11 is 0. The van der Waals surface area contributed by atoms with E-state index in [4.69, 9.17) is 9.84 Å². The van der Waals surface area contributed by atoms with Crippen LogP contribution in [0.3, 0.4) is 0 Å². The van der Waals surface area contributed by atoms with Crippen molar-refractivity contribution in [3.05, 3.63) is 65.5 Å². The number of nitrogens with one attached hydrogen (secondary N) is 2. The highest BCUT2D eigenvalue weighted by molar-refractivity contribution is 7.92. The number of carbonyl (C=O) groups is 2. The van der Waals surface area contributed by atoms with E-state index in [0.29, 0.717) is 29.8 Å². The molecule has 0 unspecified atom stereocenters. The van der Waals surface area contributed by atoms with E-state index >= 15 is 0 Å². The topological polar surface area (TPSA) is 155 Å². The number of phenols is 1. The van der Waals surface area contributed by atoms with E-state index < -0.39 is 27.6 Å². The summed E-state index contributed by atoms with van der Waals surface area (Å²) in [6.45, 7) is 1.74. The first-order valence-corrected chi connectivity index (χ1v) is 11.8. The molecule has 0 atom stereocenters. The van der Waals surface area contributed by atoms with Gasteiger partial charge in [-0.05, 0) is 67.6 Å². The molecule has 4 rings (SSSR count). The number of fused-ring (bicyclic) bond motifs is 1. The third kappa shape index (κ3) is 4.64. The van der Waals surface area contributed by atoms with Gasteiger partial charge < -0.3 is 20.3 Å². The molecule has 0 aliphatic heterocycles. The quantitative estimate of drug-likeness (QED) is 0.390. The largest absolute Gasteiger partial charge is 0.507 e. The standard InChI is InChI=1S/C23H21N3O7S/c1-13-10-18(25-22(28)23(29)30)16-5-2-6-17(16)21(13)33-15-7-8-19(27)20(11-15)34(31,32)26-14-4-3-9-24-12-14/h3-4,7-12,26-27H,2,5-6H2,1H3,(H,25,28)(H,29,30). The Bertz CT molecular complexity index is 1390. The Labute approximate surface area is 195 Å². The Morgan fingerprint density at radius 3 is 2.59 bits per heavy atom. The number of aliphatic carboxylic acids is 1. The number of carbonyl (C=O) groups excluding carboxylic acids is 1. The lowest BCUT2D eigenvalue weighted by Crippen LogP contribution is -2.22. The molecule has 0 bridgehead atoms. The highest BCUT2D eigenvalue weighted by Crippen LogP contribution is 2.41. The first kappa shape index (κ1) is 23.1. The second kappa shape index (κ2) is 9.02. The van der Waals surface area contributed by atoms with Crippen molar-refractivity contribution in [3.63, 3.8) is 0 Å². The normalized spacial score (nSPS) is 12.6. The summed E-state index contributed by atoms with van der Waals surface area (Å²) < 4.78 is 34.1. The van der Waals surface area contributed by atoms with Gasteiger partial charge in [-0.3, -0.25) is 14.5 Å². The van der Waals surface area contributed by atoms with Gasteiger partial charge in [0.15, 0.2) is 0 Å². The highest BCUT2D eigenvalue weighted by atomic mass is 32.2. The van der Waals surface area contributed by atoms with Crippen LogP contribution in [0.2, 0.25) is 0 Å². The van der Waals surface area contributed by atoms with Crippen LogP contribution in [-0.2, 0) is 32.5 Å². The lowest BCUT2D eigenvalue weighted by Gasteiger charge is -2.18. The number of anilines is 2. The highest BCUT2D eigenvalue weighted by Gasteiger charge is 2.25. The maximum atomic E-state index is 12.8. The molecule has 1 heterocycles. The molecule has 0 radical (unpaired) electrons. The fraction of sp³-hybridized carbons (Fsp3) is 0.174. The van der Waals surface area contributed by atoms with E-state index in [0.717, 1.165) is 17.5 Å². The van der Waals surface area contributed by atoms with E-state index in [-0.39, 0.29) is 16.3 Å². The number of hydrogen-bond acceptors (Lipinski definition) is 7. The number of carboxylic acid groups (broad SMARTS) is 1. The predicted octanol–water partition coefficient (Wildman–Crippen LogP) is 3.20. The van der Waals surface area contributed by atoms with E-state index in [1.165, 1.54) is 36.7 Å². The van der Waals surface area contributed by atoms with Gasteiger partial charge in [0.05, 0.1) is 11.9 Å². The van der Waals surface area contributed by atoms with Crippen molar-refractivity contribution < 1.29 is 33.0 Å². The molecule has 10 nitrogen and oxygen atoms in total. The van der Waals surface area contributed by atoms with Gasteiger partial charge in [-0.25, -0.2) is 13.2 Å². The number of nitrogens with zero attached hydrogens (tertiary/aromatic N) is 1. The first-order valence-electron chi connectivity index (χ1n) is 10.3. The molecule has 0 spiro atoms. The van der Waals surface area contributed by atoms with Crippen LogP contribution in [0.4, 0.5) is 11.4 Å². The molecule has 11 heteroatoms. The first-order chi connectivity index (χ1) is 16.2. The van der Waals surface area contributed by atoms with Crippen molar-refractivity contribution in [2.24, 2.45) is 0 Å². The summed E-state index contributed by atoms with van der Waals surface area (Å²) in [5.74, 6) is -2.48. The summed E-state index contributed by atoms with van der Waals surface area (Å²) in [7, 11) is -4.13. The molecule has 0 saturated heterocycles. The number of benzene rings is 2. The minimum absolute atomic E-state index is 0.184. The van der Waals surface area contributed by atoms with Gasteiger partial charge in [-0.1, -0.05) is 0 Å². The summed E-state index contributed by atoms with van der Waals surface area (Å²) in [6.07, 6.45) is 4.91. The zero-order valence-electron chi connectivity index (χ0n) is 18.0. The zero-order chi connectivity index (χ0) is 24.5. The molecule has 2 aromatic carbocycles. The van der Waals surface area contributed by atoms with E-state index in [9.17, 15) is 23.1 Å². The van der Waals surface area contributed by atoms with Crippen molar-refractivity contribution in [1.29, 1.82) is 0 Å². The second-order valence-corrected chi connectivity index (χ2v) is 9.37. The van der Waals surface area contributed by atoms with E-state index in [1.807, 2.05) is 0 Å². The predicted molar refractivity (Wildman–Crippen MR) is 123 cm³/mol. The molecule has 1 amide bonds. The number of aromatic nitrogens is 1. The van der Waals surface area contributed by atoms with Crippen LogP contribution in [0.15, 0.2) is 53.7 Å². The number of amides is 1. The molecule has 4 N–H and O–H groups in total. The summed E-state index contributed by atoms with van der Waals surface area (Å²) in [6, 6.07) is 8.61. The third-order valence-corrected chi connectivity index (χ3v) is 6.74. The number of carboxylic acids is 1. The number of sulfonamides is 1. The molecule has 0 fully saturated rings. The SMILES string of the molecule is Cc1cc(NC(=O)C(=O)O)c2c(c1Oc1ccc(O)c(S(=O)(=O)Nc3cccnc3)c1)CCC2. The third-order valence-electron chi connectivity index (χ3n) is 5.33. The molecule has 0 saturated carbocycles. The minimum Gasteiger partial charge on any atom is -0.507 e. The molecule has 176 valence electrons. The van der Waals surface area contributed by atoms with E-state index in [1.54, 1.807) is 19.1 Å². The average molecular weight is 484 g/mol. The van der Waals surface area contributed by atoms with Crippen LogP contribution in [0, 0.1) is 6.92 Å². The maximum absolute atomic E-state index is 12.8. The molecular weight excluding hydrogens is 462 g/mol. The van der Waals surface area contributed by atoms with Crippen LogP contribution in [0.1, 0.15) is 23.1 Å². The maximum Gasteiger partial charge on any atom is 0.394 e. The minimum atomic E-state index is -4.13. The molecule has 34 heavy (non-hydrogen) atoms. The Kier molecular flexibility index (Phi) is 6.12. The van der Waals surface area contributed by atoms with Crippen LogP contribution >= 0.6 is 0 Å². The molecular formula is C23H21N3O7S. The smallest absolute Gasteiger partial charge is 0.394 e. The molecule has 1 aliphatic rings. The monoisotopic (exact) mass is 483 g/mol. The number of hydrogen-bond donors (Lipinski definition) is 4. The number of aromatic hydroxyl groups is 1. The van der Waals surface area contributed by atoms with Crippen molar-refractivity contribution in [3.8, 4) is 17.2 Å². The van der Waals surface area contributed by atoms with Crippen LogP contribution in [-0.4, -0.2) is 35.5 Å². The Hall–Kier alpha value is -4.12. The van der Waals surface area contributed by atoms with Gasteiger partial charge in [0.2, 0.25) is 0 Å². The number of pyridine rings is 1. The van der Waals surface area contributed by atoms with Crippen molar-refractivity contribution in [2.45, 2.75) is 31.1 Å². The average Bonchev–Trinajstić information content (AvgIpc) is 3.28. The van der Waals surface area contributed by atoms with Gasteiger partial charge in [-0.2, -0.15) is 0 Å². The van der Waals surface area contributed by atoms with Gasteiger partial charge >= 0.3 is 11.9 Å². The number of rotatable bonds is 6. The molecule has 1 aliphatic carbocycles. The van der Waals surface area contributed by atoms with Gasteiger partial charge in [0.1, 0.15) is 22.1 Å². The number of phenolic OH excluding ortho intramolecular Hbond substituents is 1. The number of ether oxygens (including phenoxy) is 1. The summed E-state index contributed by atoms with van der Waals surface area (Å²) in [5, 5.41) is 21.5. The lowest BCUT2D eigenvalue weighted by molar-refractivity contribution is -0.147. The van der Waals surface area contributed by atoms with Crippen LogP contribution in [0.25, 0.3) is 0 Å². The van der Waals surface area contributed by atoms with Crippen molar-refractivity contribution >= 4 is 33.3 Å². The van der Waals surface area contributed by atoms with Crippen molar-refractivity contribution in [1.82, 2.24) is 4.98 Å². The lowest BCUT2D eigenvalue weighted by atomic mass is 10.0. The van der Waals surface area contributed by atoms with Gasteiger partial charge in [0, 0.05) is 23.5 Å². The fourth-order valence-corrected chi connectivity index (χ4v) is 5.01. The van der Waals surface area contributed by atoms with Crippen molar-refractivity contribution in [2.75, 3.05) is 10.0 Å². The zero-order valence-corrected chi connectivity index (χ0v) is 18.8. The summed E-state index contributed by atoms with van der Waals surface area (Å²) in [5.41, 5.74) is 2.87. The Morgan fingerprint density at radius 1 is 1.12 bits per heavy atom. The fourth-order valence-electron chi connectivity index (χ4n) is 3.85. The summed E-state index contributed by atoms with van der Waals surface area (Å²) in [4.78, 5) is 26.1. The molecule has 3 aromatic rings. The number of aryl methyl sites for hydroxylation is 1. The van der Waals surface area contributed by atoms with E-state index in [2.05, 4.69) is 15.0 Å².